The van der Waals surface area contributed by atoms with Crippen molar-refractivity contribution in [1.29, 1.82) is 0 Å². The molecule has 0 saturated carbocycles. The number of ether oxygens (including phenoxy) is 2. The maximum Gasteiger partial charge on any atom is 0.161 e. The van der Waals surface area contributed by atoms with Gasteiger partial charge in [-0.1, -0.05) is 6.07 Å². The number of nitrogens with one attached hydrogen (secondary N) is 1. The molecule has 3 N–H and O–H groups in total. The van der Waals surface area contributed by atoms with Crippen LogP contribution in [0.25, 0.3) is 0 Å². The van der Waals surface area contributed by atoms with Gasteiger partial charge in [0.05, 0.1) is 13.7 Å². The van der Waals surface area contributed by atoms with Crippen LogP contribution in [0.15, 0.2) is 18.2 Å². The lowest BCUT2D eigenvalue weighted by atomic mass is 10.1. The Labute approximate surface area is 160 Å². The third-order valence-corrected chi connectivity index (χ3v) is 5.34. The molecule has 0 spiro atoms. The summed E-state index contributed by atoms with van der Waals surface area (Å²) in [6, 6.07) is 5.75. The number of benzene rings is 1. The largest absolute Gasteiger partial charge is 0.493 e. The number of hydrogen-bond donors (Lipinski definition) is 3. The van der Waals surface area contributed by atoms with E-state index in [2.05, 4.69) is 10.2 Å². The number of thioether (sulfide) groups is 1. The molecular formula is C19H32N2O4S. The van der Waals surface area contributed by atoms with Gasteiger partial charge in [-0.2, -0.15) is 11.8 Å². The molecule has 6 nitrogen and oxygen atoms in total. The Bertz CT molecular complexity index is 550. The quantitative estimate of drug-likeness (QED) is 0.562. The Kier molecular flexibility index (Phi) is 8.50. The smallest absolute Gasteiger partial charge is 0.161 e. The number of aliphatic hydroxyl groups excluding tert-OH is 2. The summed E-state index contributed by atoms with van der Waals surface area (Å²) in [6.45, 7) is 7.52. The minimum Gasteiger partial charge on any atom is -0.493 e. The molecule has 0 bridgehead atoms. The van der Waals surface area contributed by atoms with Crippen molar-refractivity contribution in [2.45, 2.75) is 32.0 Å². The Hall–Kier alpha value is -0.990. The van der Waals surface area contributed by atoms with Crippen LogP contribution in [0.1, 0.15) is 19.4 Å². The third kappa shape index (κ3) is 6.96. The number of rotatable bonds is 10. The van der Waals surface area contributed by atoms with E-state index in [1.165, 1.54) is 0 Å². The Balaban J connectivity index is 1.86. The average Bonchev–Trinajstić information content (AvgIpc) is 2.66. The second kappa shape index (κ2) is 10.4. The predicted octanol–water partition coefficient (Wildman–Crippen LogP) is 1.34. The van der Waals surface area contributed by atoms with Crippen LogP contribution < -0.4 is 14.8 Å². The zero-order chi connectivity index (χ0) is 19.0. The lowest BCUT2D eigenvalue weighted by molar-refractivity contribution is 0.0705. The summed E-state index contributed by atoms with van der Waals surface area (Å²) in [4.78, 5) is 2.28. The summed E-state index contributed by atoms with van der Waals surface area (Å²) in [7, 11) is 1.61. The summed E-state index contributed by atoms with van der Waals surface area (Å²) >= 11 is 1.96. The molecule has 1 aliphatic heterocycles. The van der Waals surface area contributed by atoms with Crippen LogP contribution >= 0.6 is 11.8 Å². The van der Waals surface area contributed by atoms with Gasteiger partial charge in [0, 0.05) is 43.2 Å². The molecule has 2 rings (SSSR count). The van der Waals surface area contributed by atoms with Gasteiger partial charge >= 0.3 is 0 Å². The van der Waals surface area contributed by atoms with Crippen LogP contribution in [0, 0.1) is 0 Å². The fourth-order valence-corrected chi connectivity index (χ4v) is 3.64. The van der Waals surface area contributed by atoms with E-state index in [1.807, 2.05) is 43.8 Å². The first-order chi connectivity index (χ1) is 12.4. The second-order valence-corrected chi connectivity index (χ2v) is 8.48. The van der Waals surface area contributed by atoms with Gasteiger partial charge in [-0.05, 0) is 31.5 Å². The highest BCUT2D eigenvalue weighted by Crippen LogP contribution is 2.28. The van der Waals surface area contributed by atoms with Crippen molar-refractivity contribution in [2.75, 3.05) is 51.5 Å². The van der Waals surface area contributed by atoms with Crippen molar-refractivity contribution in [3.05, 3.63) is 23.8 Å². The first-order valence-electron chi connectivity index (χ1n) is 9.07. The van der Waals surface area contributed by atoms with E-state index in [1.54, 1.807) is 7.11 Å². The number of aliphatic hydroxyl groups is 2. The van der Waals surface area contributed by atoms with Crippen molar-refractivity contribution in [3.8, 4) is 11.5 Å². The highest BCUT2D eigenvalue weighted by Gasteiger charge is 2.17. The summed E-state index contributed by atoms with van der Waals surface area (Å²) in [5.74, 6) is 3.53. The van der Waals surface area contributed by atoms with Gasteiger partial charge in [-0.15, -0.1) is 0 Å². The molecule has 0 aliphatic carbocycles. The maximum absolute atomic E-state index is 10.2. The minimum atomic E-state index is -0.519. The lowest BCUT2D eigenvalue weighted by Gasteiger charge is -2.28. The molecular weight excluding hydrogens is 352 g/mol. The predicted molar refractivity (Wildman–Crippen MR) is 106 cm³/mol. The molecule has 0 aromatic heterocycles. The summed E-state index contributed by atoms with van der Waals surface area (Å²) < 4.78 is 11.2. The Morgan fingerprint density at radius 3 is 2.65 bits per heavy atom. The van der Waals surface area contributed by atoms with E-state index in [0.717, 1.165) is 30.2 Å². The van der Waals surface area contributed by atoms with E-state index < -0.39 is 6.10 Å². The summed E-state index contributed by atoms with van der Waals surface area (Å²) in [5, 5.41) is 22.9. The molecule has 1 atom stereocenters. The molecule has 1 fully saturated rings. The molecule has 1 aromatic rings. The van der Waals surface area contributed by atoms with Crippen LogP contribution in [0.4, 0.5) is 0 Å². The van der Waals surface area contributed by atoms with E-state index >= 15 is 0 Å². The Morgan fingerprint density at radius 2 is 2.00 bits per heavy atom. The van der Waals surface area contributed by atoms with Gasteiger partial charge in [-0.25, -0.2) is 0 Å². The van der Waals surface area contributed by atoms with Gasteiger partial charge in [0.15, 0.2) is 11.5 Å². The van der Waals surface area contributed by atoms with Crippen LogP contribution in [0.3, 0.4) is 0 Å². The van der Waals surface area contributed by atoms with Gasteiger partial charge in [0.2, 0.25) is 0 Å². The topological polar surface area (TPSA) is 74.2 Å². The first kappa shape index (κ1) is 21.3. The van der Waals surface area contributed by atoms with Gasteiger partial charge < -0.3 is 25.0 Å². The molecule has 1 heterocycles. The van der Waals surface area contributed by atoms with Crippen molar-refractivity contribution in [3.63, 3.8) is 0 Å². The first-order valence-corrected chi connectivity index (χ1v) is 10.2. The zero-order valence-electron chi connectivity index (χ0n) is 16.0. The van der Waals surface area contributed by atoms with E-state index in [0.29, 0.717) is 24.6 Å². The van der Waals surface area contributed by atoms with E-state index in [-0.39, 0.29) is 18.8 Å². The molecule has 1 unspecified atom stereocenters. The number of methoxy groups -OCH3 is 1. The zero-order valence-corrected chi connectivity index (χ0v) is 16.8. The lowest BCUT2D eigenvalue weighted by Crippen LogP contribution is -2.42. The van der Waals surface area contributed by atoms with Crippen molar-refractivity contribution in [1.82, 2.24) is 10.2 Å². The van der Waals surface area contributed by atoms with Gasteiger partial charge in [0.1, 0.15) is 12.7 Å². The molecule has 1 saturated heterocycles. The van der Waals surface area contributed by atoms with Crippen molar-refractivity contribution >= 4 is 11.8 Å². The molecule has 7 heteroatoms. The molecule has 148 valence electrons. The highest BCUT2D eigenvalue weighted by molar-refractivity contribution is 7.99. The molecule has 0 radical (unpaired) electrons. The standard InChI is InChI=1S/C19H32N2O4S/c1-19(2,14-22)20-11-15-4-5-17(18(10-15)24-3)25-13-16(23)12-21-6-8-26-9-7-21/h4-5,10,16,20,22-23H,6-9,11-14H2,1-3H3. The number of β-amino-alcohol motifs (C(OH)–C–C–N with tert-alkyl or cyclic N) is 1. The van der Waals surface area contributed by atoms with Crippen LogP contribution in [0.5, 0.6) is 11.5 Å². The number of hydrogen-bond acceptors (Lipinski definition) is 7. The highest BCUT2D eigenvalue weighted by atomic mass is 32.2. The monoisotopic (exact) mass is 384 g/mol. The SMILES string of the molecule is COc1cc(CNC(C)(C)CO)ccc1OCC(O)CN1CCSCC1. The number of nitrogens with zero attached hydrogens (tertiary/aromatic N) is 1. The Morgan fingerprint density at radius 1 is 1.27 bits per heavy atom. The normalized spacial score (nSPS) is 17.1. The van der Waals surface area contributed by atoms with Crippen molar-refractivity contribution < 1.29 is 19.7 Å². The van der Waals surface area contributed by atoms with Crippen LogP contribution in [0.2, 0.25) is 0 Å². The molecule has 0 amide bonds. The molecule has 1 aliphatic rings. The van der Waals surface area contributed by atoms with Crippen molar-refractivity contribution in [2.24, 2.45) is 0 Å². The third-order valence-electron chi connectivity index (χ3n) is 4.40. The fourth-order valence-electron chi connectivity index (χ4n) is 2.66. The minimum absolute atomic E-state index is 0.0684. The maximum atomic E-state index is 10.2. The van der Waals surface area contributed by atoms with Crippen LogP contribution in [-0.4, -0.2) is 78.2 Å². The van der Waals surface area contributed by atoms with Gasteiger partial charge in [0.25, 0.3) is 0 Å². The molecule has 1 aromatic carbocycles. The van der Waals surface area contributed by atoms with E-state index in [9.17, 15) is 10.2 Å². The van der Waals surface area contributed by atoms with Crippen LogP contribution in [-0.2, 0) is 6.54 Å². The van der Waals surface area contributed by atoms with Gasteiger partial charge in [-0.3, -0.25) is 4.90 Å². The fraction of sp³-hybridized carbons (Fsp3) is 0.684. The van der Waals surface area contributed by atoms with E-state index in [4.69, 9.17) is 9.47 Å². The molecule has 26 heavy (non-hydrogen) atoms. The summed E-state index contributed by atoms with van der Waals surface area (Å²) in [5.41, 5.74) is 0.710. The second-order valence-electron chi connectivity index (χ2n) is 7.26. The average molecular weight is 385 g/mol. The summed E-state index contributed by atoms with van der Waals surface area (Å²) in [6.07, 6.45) is -0.519.